The van der Waals surface area contributed by atoms with Crippen molar-refractivity contribution in [3.8, 4) is 0 Å². The molecule has 0 saturated carbocycles. The largest absolute Gasteiger partial charge is 0.356 e. The lowest BCUT2D eigenvalue weighted by atomic mass is 10.0. The van der Waals surface area contributed by atoms with Crippen LogP contribution in [-0.4, -0.2) is 29.1 Å². The van der Waals surface area contributed by atoms with Gasteiger partial charge in [0.15, 0.2) is 0 Å². The topological polar surface area (TPSA) is 6.48 Å². The summed E-state index contributed by atoms with van der Waals surface area (Å²) in [7, 11) is 0. The summed E-state index contributed by atoms with van der Waals surface area (Å²) in [6.45, 7) is 9.49. The molecule has 2 heteroatoms. The van der Waals surface area contributed by atoms with E-state index in [0.29, 0.717) is 6.17 Å². The van der Waals surface area contributed by atoms with Gasteiger partial charge >= 0.3 is 0 Å². The van der Waals surface area contributed by atoms with Gasteiger partial charge in [0.1, 0.15) is 6.17 Å². The Morgan fingerprint density at radius 1 is 0.265 bits per heavy atom. The minimum absolute atomic E-state index is 0.637. The van der Waals surface area contributed by atoms with Crippen LogP contribution < -0.4 is 0 Å². The summed E-state index contributed by atoms with van der Waals surface area (Å²) in [4.78, 5) is 5.47. The minimum Gasteiger partial charge on any atom is -0.356 e. The van der Waals surface area contributed by atoms with Crippen molar-refractivity contribution in [1.29, 1.82) is 0 Å². The second kappa shape index (κ2) is 38.6. The molecule has 0 radical (unpaired) electrons. The van der Waals surface area contributed by atoms with Crippen LogP contribution >= 0.6 is 0 Å². The fourth-order valence-electron chi connectivity index (χ4n) is 8.13. The van der Waals surface area contributed by atoms with Crippen molar-refractivity contribution >= 4 is 0 Å². The highest BCUT2D eigenvalue weighted by Gasteiger charge is 2.24. The molecule has 0 saturated heterocycles. The third-order valence-corrected chi connectivity index (χ3v) is 11.6. The lowest BCUT2D eigenvalue weighted by Gasteiger charge is -2.33. The maximum Gasteiger partial charge on any atom is 0.101 e. The van der Waals surface area contributed by atoms with E-state index in [2.05, 4.69) is 43.0 Å². The van der Waals surface area contributed by atoms with Gasteiger partial charge in [-0.3, -0.25) is 0 Å². The second-order valence-corrected chi connectivity index (χ2v) is 16.4. The molecule has 0 aliphatic carbocycles. The first kappa shape index (κ1) is 46.4. The van der Waals surface area contributed by atoms with Gasteiger partial charge < -0.3 is 9.80 Å². The van der Waals surface area contributed by atoms with E-state index in [-0.39, 0.29) is 0 Å². The zero-order valence-electron chi connectivity index (χ0n) is 34.6. The van der Waals surface area contributed by atoms with Gasteiger partial charge in [0.25, 0.3) is 0 Å². The van der Waals surface area contributed by atoms with Gasteiger partial charge in [-0.05, 0) is 25.7 Å². The predicted octanol–water partition coefficient (Wildman–Crippen LogP) is 16.7. The van der Waals surface area contributed by atoms with Crippen molar-refractivity contribution < 1.29 is 0 Å². The van der Waals surface area contributed by atoms with Crippen molar-refractivity contribution in [1.82, 2.24) is 9.80 Å². The van der Waals surface area contributed by atoms with Gasteiger partial charge in [-0.1, -0.05) is 245 Å². The summed E-state index contributed by atoms with van der Waals surface area (Å²) in [5, 5.41) is 0. The molecule has 1 unspecified atom stereocenters. The number of hydrogen-bond donors (Lipinski definition) is 0. The normalized spacial score (nSPS) is 14.6. The van der Waals surface area contributed by atoms with Gasteiger partial charge in [0, 0.05) is 25.5 Å². The van der Waals surface area contributed by atoms with Crippen molar-refractivity contribution in [2.24, 2.45) is 0 Å². The molecule has 1 aliphatic heterocycles. The standard InChI is InChI=1S/C47H94N2/c1-4-7-10-13-16-19-22-24-26-28-30-33-36-39-42-47-48(43-40-37-34-31-21-18-15-12-9-6-3)45-46-49(47)44-41-38-35-32-29-27-25-23-20-17-14-11-8-5-2/h45-47H,4-44H2,1-3H3. The fourth-order valence-corrected chi connectivity index (χ4v) is 8.13. The molecular weight excluding hydrogens is 593 g/mol. The molecule has 49 heavy (non-hydrogen) atoms. The molecule has 1 rings (SSSR count). The molecule has 0 fully saturated rings. The summed E-state index contributed by atoms with van der Waals surface area (Å²) in [5.74, 6) is 0. The molecule has 0 amide bonds. The Balaban J connectivity index is 2.20. The average Bonchev–Trinajstić information content (AvgIpc) is 3.50. The molecule has 0 spiro atoms. The van der Waals surface area contributed by atoms with E-state index >= 15 is 0 Å². The highest BCUT2D eigenvalue weighted by Crippen LogP contribution is 2.24. The van der Waals surface area contributed by atoms with Crippen LogP contribution in [0.15, 0.2) is 12.4 Å². The molecule has 1 aliphatic rings. The molecular formula is C47H94N2. The molecule has 1 heterocycles. The van der Waals surface area contributed by atoms with Gasteiger partial charge in [0.2, 0.25) is 0 Å². The Morgan fingerprint density at radius 3 is 0.714 bits per heavy atom. The Morgan fingerprint density at radius 2 is 0.469 bits per heavy atom. The zero-order chi connectivity index (χ0) is 35.1. The molecule has 0 aromatic heterocycles. The maximum absolute atomic E-state index is 2.74. The Kier molecular flexibility index (Phi) is 36.5. The monoisotopic (exact) mass is 687 g/mol. The molecule has 0 aromatic rings. The number of hydrogen-bond acceptors (Lipinski definition) is 2. The Labute approximate surface area is 311 Å². The van der Waals surface area contributed by atoms with E-state index in [4.69, 9.17) is 0 Å². The van der Waals surface area contributed by atoms with Crippen LogP contribution in [0.4, 0.5) is 0 Å². The molecule has 0 N–H and O–H groups in total. The molecule has 2 nitrogen and oxygen atoms in total. The number of nitrogens with zero attached hydrogens (tertiary/aromatic N) is 2. The van der Waals surface area contributed by atoms with Crippen molar-refractivity contribution in [3.05, 3.63) is 12.4 Å². The molecule has 292 valence electrons. The molecule has 0 bridgehead atoms. The van der Waals surface area contributed by atoms with Gasteiger partial charge in [-0.15, -0.1) is 0 Å². The first-order valence-corrected chi connectivity index (χ1v) is 23.5. The van der Waals surface area contributed by atoms with E-state index < -0.39 is 0 Å². The van der Waals surface area contributed by atoms with E-state index in [1.807, 2.05) is 0 Å². The minimum atomic E-state index is 0.637. The van der Waals surface area contributed by atoms with Crippen LogP contribution in [0, 0.1) is 0 Å². The van der Waals surface area contributed by atoms with Crippen LogP contribution in [-0.2, 0) is 0 Å². The summed E-state index contributed by atoms with van der Waals surface area (Å²) < 4.78 is 0. The first-order chi connectivity index (χ1) is 24.3. The SMILES string of the molecule is CCCCCCCCCCCCCCCCC1N(CCCCCCCCCCCC)C=CN1CCCCCCCCCCCCCCCC. The Bertz CT molecular complexity index is 644. The van der Waals surface area contributed by atoms with Crippen LogP contribution in [0.25, 0.3) is 0 Å². The zero-order valence-corrected chi connectivity index (χ0v) is 34.6. The molecule has 0 aromatic carbocycles. The summed E-state index contributed by atoms with van der Waals surface area (Å²) in [6.07, 6.45) is 61.9. The summed E-state index contributed by atoms with van der Waals surface area (Å²) in [5.41, 5.74) is 0. The highest BCUT2D eigenvalue weighted by atomic mass is 15.4. The third kappa shape index (κ3) is 30.7. The quantitative estimate of drug-likeness (QED) is 0.0591. The van der Waals surface area contributed by atoms with E-state index in [1.165, 1.54) is 264 Å². The maximum atomic E-state index is 2.74. The van der Waals surface area contributed by atoms with E-state index in [0.717, 1.165) is 0 Å². The van der Waals surface area contributed by atoms with Gasteiger partial charge in [-0.25, -0.2) is 0 Å². The summed E-state index contributed by atoms with van der Waals surface area (Å²) >= 11 is 0. The lowest BCUT2D eigenvalue weighted by Crippen LogP contribution is -2.39. The van der Waals surface area contributed by atoms with Crippen molar-refractivity contribution in [2.45, 2.75) is 277 Å². The van der Waals surface area contributed by atoms with E-state index in [9.17, 15) is 0 Å². The summed E-state index contributed by atoms with van der Waals surface area (Å²) in [6, 6.07) is 0. The van der Waals surface area contributed by atoms with Gasteiger partial charge in [-0.2, -0.15) is 0 Å². The average molecular weight is 687 g/mol. The second-order valence-electron chi connectivity index (χ2n) is 16.4. The number of unbranched alkanes of at least 4 members (excludes halogenated alkanes) is 35. The molecule has 1 atom stereocenters. The van der Waals surface area contributed by atoms with Crippen LogP contribution in [0.5, 0.6) is 0 Å². The smallest absolute Gasteiger partial charge is 0.101 e. The van der Waals surface area contributed by atoms with E-state index in [1.54, 1.807) is 0 Å². The predicted molar refractivity (Wildman–Crippen MR) is 223 cm³/mol. The van der Waals surface area contributed by atoms with Gasteiger partial charge in [0.05, 0.1) is 0 Å². The Hall–Kier alpha value is -0.660. The number of rotatable bonds is 41. The van der Waals surface area contributed by atoms with Crippen molar-refractivity contribution in [3.63, 3.8) is 0 Å². The highest BCUT2D eigenvalue weighted by molar-refractivity contribution is 4.97. The van der Waals surface area contributed by atoms with Crippen LogP contribution in [0.2, 0.25) is 0 Å². The fraction of sp³-hybridized carbons (Fsp3) is 0.957. The van der Waals surface area contributed by atoms with Crippen LogP contribution in [0.3, 0.4) is 0 Å². The third-order valence-electron chi connectivity index (χ3n) is 11.6. The lowest BCUT2D eigenvalue weighted by molar-refractivity contribution is 0.135. The van der Waals surface area contributed by atoms with Crippen molar-refractivity contribution in [2.75, 3.05) is 13.1 Å². The first-order valence-electron chi connectivity index (χ1n) is 23.5. The van der Waals surface area contributed by atoms with Crippen LogP contribution in [0.1, 0.15) is 271 Å².